The van der Waals surface area contributed by atoms with Crippen molar-refractivity contribution in [2.45, 2.75) is 57.4 Å². The van der Waals surface area contributed by atoms with E-state index in [4.69, 9.17) is 9.47 Å². The molecule has 18 nitrogen and oxygen atoms in total. The van der Waals surface area contributed by atoms with Gasteiger partial charge in [0, 0.05) is 60.0 Å². The molecule has 8 aromatic rings. The Kier molecular flexibility index (Phi) is 13.3. The number of likely N-dealkylation sites (tertiary alicyclic amines) is 1. The Morgan fingerprint density at radius 1 is 0.721 bits per heavy atom. The molecule has 6 aromatic heterocycles. The number of amides is 1. The van der Waals surface area contributed by atoms with Gasteiger partial charge in [-0.2, -0.15) is 0 Å². The van der Waals surface area contributed by atoms with E-state index >= 15 is 0 Å². The molecule has 354 valence electrons. The number of benzene rings is 2. The van der Waals surface area contributed by atoms with E-state index in [0.29, 0.717) is 48.5 Å². The number of piperidine rings is 1. The quantitative estimate of drug-likeness (QED) is 0.107. The van der Waals surface area contributed by atoms with Crippen molar-refractivity contribution in [2.75, 3.05) is 72.2 Å². The van der Waals surface area contributed by atoms with E-state index in [2.05, 4.69) is 85.6 Å². The van der Waals surface area contributed by atoms with Gasteiger partial charge in [0.2, 0.25) is 5.91 Å². The minimum absolute atomic E-state index is 0.0364. The highest BCUT2D eigenvalue weighted by atomic mass is 32.1. The Balaban J connectivity index is 0.000000168. The first-order valence-electron chi connectivity index (χ1n) is 22.6. The monoisotopic (exact) mass is 993 g/mol. The zero-order valence-corrected chi connectivity index (χ0v) is 41.6. The third-order valence-corrected chi connectivity index (χ3v) is 17.0. The number of aliphatic carboxylic acids is 1. The van der Waals surface area contributed by atoms with E-state index in [9.17, 15) is 14.7 Å². The second-order valence-electron chi connectivity index (χ2n) is 17.7. The van der Waals surface area contributed by atoms with Crippen molar-refractivity contribution in [1.82, 2.24) is 53.8 Å². The van der Waals surface area contributed by atoms with Crippen LogP contribution in [0, 0.1) is 11.8 Å². The molecule has 0 spiro atoms. The number of carboxylic acid groups (broad SMARTS) is 1. The number of fused-ring (bicyclic) bond motifs is 8. The summed E-state index contributed by atoms with van der Waals surface area (Å²) in [6.07, 6.45) is 9.61. The zero-order chi connectivity index (χ0) is 47.1. The fourth-order valence-electron chi connectivity index (χ4n) is 9.56. The lowest BCUT2D eigenvalue weighted by Crippen LogP contribution is -2.48. The molecule has 0 saturated carbocycles. The fourth-order valence-corrected chi connectivity index (χ4v) is 13.3. The van der Waals surface area contributed by atoms with Gasteiger partial charge >= 0.3 is 5.97 Å². The molecule has 68 heavy (non-hydrogen) atoms. The van der Waals surface area contributed by atoms with Crippen LogP contribution >= 0.6 is 45.7 Å². The summed E-state index contributed by atoms with van der Waals surface area (Å²) < 4.78 is 21.1. The van der Waals surface area contributed by atoms with E-state index < -0.39 is 5.97 Å². The number of carboxylic acids is 1. The van der Waals surface area contributed by atoms with Crippen molar-refractivity contribution in [3.8, 4) is 11.5 Å². The van der Waals surface area contributed by atoms with Gasteiger partial charge in [0.25, 0.3) is 0 Å². The molecule has 2 aliphatic carbocycles. The SMILES string of the molecule is COc1cc2nnsc2cc1Nc1ncnc2sc3c(c12)CC[C@H](C(=O)N1CCC(N(C)CCN(C)C)CC1)C3.COc1cc2nnsc2cc1Nc1ncnc2sc3c(c12)CC[C@H](C(=O)O)C3. The number of anilines is 4. The highest BCUT2D eigenvalue weighted by Gasteiger charge is 2.34. The number of carbonyl (C=O) groups is 2. The van der Waals surface area contributed by atoms with Gasteiger partial charge in [0.15, 0.2) is 0 Å². The summed E-state index contributed by atoms with van der Waals surface area (Å²) in [7, 11) is 9.71. The smallest absolute Gasteiger partial charge is 0.306 e. The van der Waals surface area contributed by atoms with Crippen molar-refractivity contribution in [3.05, 3.63) is 57.8 Å². The number of aryl methyl sites for hydroxylation is 2. The number of aromatic nitrogens is 8. The molecule has 7 heterocycles. The summed E-state index contributed by atoms with van der Waals surface area (Å²) in [5, 5.41) is 26.5. The number of thiophene rings is 2. The number of nitrogens with zero attached hydrogens (tertiary/aromatic N) is 11. The van der Waals surface area contributed by atoms with Crippen molar-refractivity contribution in [2.24, 2.45) is 11.8 Å². The van der Waals surface area contributed by atoms with E-state index in [1.54, 1.807) is 43.2 Å². The summed E-state index contributed by atoms with van der Waals surface area (Å²) in [4.78, 5) is 54.0. The Bertz CT molecular complexity index is 3140. The summed E-state index contributed by atoms with van der Waals surface area (Å²) in [6, 6.07) is 8.25. The van der Waals surface area contributed by atoms with Crippen molar-refractivity contribution >= 4 is 121 Å². The largest absolute Gasteiger partial charge is 0.494 e. The summed E-state index contributed by atoms with van der Waals surface area (Å²) >= 11 is 5.92. The first-order valence-corrected chi connectivity index (χ1v) is 25.7. The van der Waals surface area contributed by atoms with Crippen LogP contribution < -0.4 is 20.1 Å². The second kappa shape index (κ2) is 19.7. The van der Waals surface area contributed by atoms with Crippen LogP contribution in [0.1, 0.15) is 46.6 Å². The standard InChI is InChI=1S/C28H36N8O2S2.C18H15N5O3S2/c1-34(2)11-12-35(3)18-7-9-36(10-8-18)28(37)17-5-6-19-23(13-17)39-27-25(19)26(29-16-30-27)31-20-15-24-21(32-33-40-24)14-22(20)38-4;1-26-12-5-11-14(28-23-22-11)6-10(12)21-16-15-9-3-2-8(18(24)25)4-13(9)27-17(15)20-7-19-16/h14-18H,5-13H2,1-4H3,(H,29,30,31);5-8H,2-4H2,1H3,(H,24,25)(H,19,20,21)/t17-;8-/m00/s1. The number of likely N-dealkylation sites (N-methyl/N-ethyl adjacent to an activating group) is 2. The Morgan fingerprint density at radius 3 is 1.74 bits per heavy atom. The molecule has 3 N–H and O–H groups in total. The van der Waals surface area contributed by atoms with Gasteiger partial charge < -0.3 is 39.9 Å². The van der Waals surface area contributed by atoms with Crippen LogP contribution in [-0.4, -0.2) is 138 Å². The minimum Gasteiger partial charge on any atom is -0.494 e. The molecular weight excluding hydrogens is 943 g/mol. The van der Waals surface area contributed by atoms with Crippen molar-refractivity contribution in [1.29, 1.82) is 0 Å². The number of ether oxygens (including phenoxy) is 2. The molecule has 2 aromatic carbocycles. The molecule has 11 rings (SSSR count). The van der Waals surface area contributed by atoms with Gasteiger partial charge in [0.1, 0.15) is 56.5 Å². The van der Waals surface area contributed by atoms with Crippen LogP contribution in [0.25, 0.3) is 40.9 Å². The molecule has 3 aliphatic rings. The molecule has 0 bridgehead atoms. The Morgan fingerprint density at radius 2 is 1.24 bits per heavy atom. The lowest BCUT2D eigenvalue weighted by Gasteiger charge is -2.38. The fraction of sp³-hybridized carbons (Fsp3) is 0.435. The topological polar surface area (TPSA) is 210 Å². The number of methoxy groups -OCH3 is 2. The normalized spacial score (nSPS) is 17.4. The van der Waals surface area contributed by atoms with Gasteiger partial charge in [0.05, 0.1) is 51.7 Å². The summed E-state index contributed by atoms with van der Waals surface area (Å²) in [6.45, 7) is 3.83. The molecule has 0 unspecified atom stereocenters. The maximum Gasteiger partial charge on any atom is 0.306 e. The van der Waals surface area contributed by atoms with Gasteiger partial charge in [-0.3, -0.25) is 9.59 Å². The van der Waals surface area contributed by atoms with Gasteiger partial charge in [-0.1, -0.05) is 8.98 Å². The van der Waals surface area contributed by atoms with E-state index in [0.717, 1.165) is 127 Å². The highest BCUT2D eigenvalue weighted by molar-refractivity contribution is 7.19. The molecule has 2 atom stereocenters. The van der Waals surface area contributed by atoms with Crippen molar-refractivity contribution in [3.63, 3.8) is 0 Å². The predicted molar refractivity (Wildman–Crippen MR) is 269 cm³/mol. The average molecular weight is 994 g/mol. The van der Waals surface area contributed by atoms with Gasteiger partial charge in [-0.15, -0.1) is 32.9 Å². The van der Waals surface area contributed by atoms with Crippen LogP contribution in [0.3, 0.4) is 0 Å². The molecular formula is C46H51N13O5S4. The molecule has 1 saturated heterocycles. The first-order chi connectivity index (χ1) is 33.0. The third kappa shape index (κ3) is 9.24. The van der Waals surface area contributed by atoms with Crippen LogP contribution in [0.4, 0.5) is 23.0 Å². The number of nitrogens with one attached hydrogen (secondary N) is 2. The third-order valence-electron chi connectivity index (χ3n) is 13.3. The molecule has 1 amide bonds. The van der Waals surface area contributed by atoms with E-state index in [1.807, 2.05) is 24.3 Å². The zero-order valence-electron chi connectivity index (χ0n) is 38.3. The van der Waals surface area contributed by atoms with Crippen molar-refractivity contribution < 1.29 is 24.2 Å². The second-order valence-corrected chi connectivity index (χ2v) is 21.4. The molecule has 1 fully saturated rings. The molecule has 22 heteroatoms. The Hall–Kier alpha value is -5.78. The summed E-state index contributed by atoms with van der Waals surface area (Å²) in [5.74, 6) is 2.10. The first kappa shape index (κ1) is 46.0. The van der Waals surface area contributed by atoms with Gasteiger partial charge in [-0.05, 0) is 119 Å². The van der Waals surface area contributed by atoms with Gasteiger partial charge in [-0.25, -0.2) is 19.9 Å². The van der Waals surface area contributed by atoms with Crippen LogP contribution in [0.2, 0.25) is 0 Å². The van der Waals surface area contributed by atoms with E-state index in [1.165, 1.54) is 39.8 Å². The number of hydrogen-bond acceptors (Lipinski definition) is 20. The number of carbonyl (C=O) groups excluding carboxylic acids is 1. The molecule has 0 radical (unpaired) electrons. The highest BCUT2D eigenvalue weighted by Crippen LogP contribution is 2.44. The van der Waals surface area contributed by atoms with Crippen LogP contribution in [0.5, 0.6) is 11.5 Å². The Labute approximate surface area is 408 Å². The lowest BCUT2D eigenvalue weighted by atomic mass is 9.86. The number of hydrogen-bond donors (Lipinski definition) is 3. The number of rotatable bonds is 12. The average Bonchev–Trinajstić information content (AvgIpc) is 4.17. The summed E-state index contributed by atoms with van der Waals surface area (Å²) in [5.41, 5.74) is 5.62. The maximum absolute atomic E-state index is 13.6. The maximum atomic E-state index is 13.6. The minimum atomic E-state index is -0.733. The predicted octanol–water partition coefficient (Wildman–Crippen LogP) is 7.68. The van der Waals surface area contributed by atoms with Crippen LogP contribution in [-0.2, 0) is 35.3 Å². The lowest BCUT2D eigenvalue weighted by molar-refractivity contribution is -0.142. The van der Waals surface area contributed by atoms with Crippen LogP contribution in [0.15, 0.2) is 36.9 Å². The van der Waals surface area contributed by atoms with E-state index in [-0.39, 0.29) is 11.8 Å². The molecule has 1 aliphatic heterocycles.